The molecule has 0 saturated heterocycles. The normalized spacial score (nSPS) is 1.40. The van der Waals surface area contributed by atoms with Crippen molar-refractivity contribution in [2.75, 3.05) is 0 Å². The summed E-state index contributed by atoms with van der Waals surface area (Å²) in [7, 11) is 0. The Morgan fingerprint density at radius 1 is 1.20 bits per heavy atom. The summed E-state index contributed by atoms with van der Waals surface area (Å²) in [5.41, 5.74) is 0. The molecule has 0 atom stereocenters. The van der Waals surface area contributed by atoms with Gasteiger partial charge in [0.1, 0.15) is 0 Å². The number of hydrogen-bond acceptors (Lipinski definition) is 0. The molecule has 1 nitrogen and oxygen atoms in total. The van der Waals surface area contributed by atoms with Crippen molar-refractivity contribution in [3.8, 4) is 0 Å². The van der Waals surface area contributed by atoms with Gasteiger partial charge in [0.15, 0.2) is 0 Å². The standard InChI is InChI=1S/2HI.K.Na.H2O.H/h2*1H;;;1H2;/q;;+1;;;/p-1. The van der Waals surface area contributed by atoms with Crippen molar-refractivity contribution < 1.29 is 5.48 Å². The van der Waals surface area contributed by atoms with Gasteiger partial charge in [0.25, 0.3) is 0 Å². The molecular formula is H4I2KNaO. The topological polar surface area (TPSA) is 31.5 Å². The zero-order valence-electron chi connectivity index (χ0n) is 2.29. The van der Waals surface area contributed by atoms with E-state index < -0.39 is 0 Å². The Hall–Kier alpha value is 4.06. The first-order valence-corrected chi connectivity index (χ1v) is 10.5. The Balaban J connectivity index is -0.00000000167. The molecule has 26 valence electrons. The number of halogens is 2. The van der Waals surface area contributed by atoms with Crippen LogP contribution in [0.3, 0.4) is 0 Å². The van der Waals surface area contributed by atoms with Crippen molar-refractivity contribution in [2.45, 2.75) is 0 Å². The summed E-state index contributed by atoms with van der Waals surface area (Å²) in [6, 6.07) is 0. The van der Waals surface area contributed by atoms with Crippen LogP contribution in [0.15, 0.2) is 0 Å². The first-order valence-electron chi connectivity index (χ1n) is 0.378. The molecule has 0 amide bonds. The third-order valence-corrected chi connectivity index (χ3v) is 0. The van der Waals surface area contributed by atoms with Crippen LogP contribution in [0.4, 0.5) is 0 Å². The molecule has 5 heteroatoms. The molecular weight excluding hydrogens is 332 g/mol. The van der Waals surface area contributed by atoms with Gasteiger partial charge in [0, 0.05) is 0 Å². The van der Waals surface area contributed by atoms with Crippen LogP contribution in [0.2, 0.25) is 0 Å². The summed E-state index contributed by atoms with van der Waals surface area (Å²) in [5.74, 6) is 0. The SMILES string of the molecule is I.O.[K][I].[NaH]. The van der Waals surface area contributed by atoms with Gasteiger partial charge >= 0.3 is 83.5 Å². The molecule has 0 fully saturated rings. The molecule has 0 aliphatic carbocycles. The molecule has 0 aromatic carbocycles. The number of rotatable bonds is 0. The van der Waals surface area contributed by atoms with Gasteiger partial charge < -0.3 is 5.48 Å². The maximum atomic E-state index is 2.34. The van der Waals surface area contributed by atoms with Crippen molar-refractivity contribution in [1.82, 2.24) is 0 Å². The quantitative estimate of drug-likeness (QED) is 0.428. The zero-order valence-corrected chi connectivity index (χ0v) is 9.90. The molecule has 0 heterocycles. The Labute approximate surface area is 109 Å². The van der Waals surface area contributed by atoms with Crippen LogP contribution in [0.25, 0.3) is 0 Å². The average molecular weight is 336 g/mol. The Bertz CT molecular complexity index is 9.61. The fourth-order valence-electron chi connectivity index (χ4n) is 0. The Kier molecular flexibility index (Phi) is 112. The average Bonchev–Trinajstić information content (AvgIpc) is 1.00. The van der Waals surface area contributed by atoms with E-state index in [1.807, 2.05) is 0 Å². The second-order valence-corrected chi connectivity index (χ2v) is 0. The molecule has 0 aromatic rings. The van der Waals surface area contributed by atoms with E-state index in [4.69, 9.17) is 0 Å². The fraction of sp³-hybridized carbons (Fsp3) is 0. The first-order chi connectivity index (χ1) is 1.00. The predicted octanol–water partition coefficient (Wildman–Crippen LogP) is -0.350. The summed E-state index contributed by atoms with van der Waals surface area (Å²) in [5, 5.41) is 0. The Morgan fingerprint density at radius 3 is 1.20 bits per heavy atom. The monoisotopic (exact) mass is 336 g/mol. The molecule has 5 heavy (non-hydrogen) atoms. The fourth-order valence-corrected chi connectivity index (χ4v) is 0. The molecule has 0 bridgehead atoms. The van der Waals surface area contributed by atoms with E-state index in [2.05, 4.69) is 11.3 Å². The third-order valence-electron chi connectivity index (χ3n) is 0. The van der Waals surface area contributed by atoms with E-state index >= 15 is 0 Å². The van der Waals surface area contributed by atoms with E-state index in [0.717, 1.165) is 42.7 Å². The van der Waals surface area contributed by atoms with Gasteiger partial charge in [-0.2, -0.15) is 0 Å². The predicted molar refractivity (Wildman–Crippen MR) is 46.0 cm³/mol. The van der Waals surface area contributed by atoms with Gasteiger partial charge in [-0.15, -0.1) is 24.0 Å². The van der Waals surface area contributed by atoms with Crippen LogP contribution in [0.1, 0.15) is 0 Å². The van der Waals surface area contributed by atoms with Crippen LogP contribution in [-0.2, 0) is 0 Å². The zero-order chi connectivity index (χ0) is 2.00. The van der Waals surface area contributed by atoms with Gasteiger partial charge in [-0.25, -0.2) is 0 Å². The Morgan fingerprint density at radius 2 is 1.20 bits per heavy atom. The summed E-state index contributed by atoms with van der Waals surface area (Å²) in [4.78, 5) is 0. The second-order valence-electron chi connectivity index (χ2n) is 0. The van der Waals surface area contributed by atoms with Crippen LogP contribution in [0.5, 0.6) is 0 Å². The first kappa shape index (κ1) is 23.0. The molecule has 0 radical (unpaired) electrons. The van der Waals surface area contributed by atoms with Gasteiger partial charge in [0.05, 0.1) is 0 Å². The molecule has 0 saturated carbocycles. The minimum absolute atomic E-state index is 0. The van der Waals surface area contributed by atoms with Gasteiger partial charge in [-0.05, 0) is 0 Å². The van der Waals surface area contributed by atoms with E-state index in [1.165, 1.54) is 0 Å². The van der Waals surface area contributed by atoms with E-state index in [-0.39, 0.29) is 59.0 Å². The van der Waals surface area contributed by atoms with Crippen molar-refractivity contribution in [2.24, 2.45) is 0 Å². The second kappa shape index (κ2) is 24.4. The third kappa shape index (κ3) is 18.0. The van der Waals surface area contributed by atoms with Crippen molar-refractivity contribution in [3.63, 3.8) is 0 Å². The summed E-state index contributed by atoms with van der Waals surface area (Å²) >= 11 is 3.37. The molecule has 0 unspecified atom stereocenters. The molecule has 2 N–H and O–H groups in total. The van der Waals surface area contributed by atoms with Crippen LogP contribution in [0, 0.1) is 0 Å². The molecule has 0 aromatic heterocycles. The van der Waals surface area contributed by atoms with Gasteiger partial charge in [-0.3, -0.25) is 0 Å². The summed E-state index contributed by atoms with van der Waals surface area (Å²) in [6.07, 6.45) is 0. The van der Waals surface area contributed by atoms with Crippen LogP contribution < -0.4 is 0 Å². The summed E-state index contributed by atoms with van der Waals surface area (Å²) in [6.45, 7) is 0. The van der Waals surface area contributed by atoms with Crippen LogP contribution in [-0.4, -0.2) is 77.7 Å². The van der Waals surface area contributed by atoms with E-state index in [9.17, 15) is 0 Å². The minimum atomic E-state index is 0. The molecule has 0 aliphatic heterocycles. The summed E-state index contributed by atoms with van der Waals surface area (Å²) < 4.78 is 0. The van der Waals surface area contributed by atoms with E-state index in [0.29, 0.717) is 0 Å². The van der Waals surface area contributed by atoms with Gasteiger partial charge in [-0.1, -0.05) is 0 Å². The maximum absolute atomic E-state index is 2.34. The van der Waals surface area contributed by atoms with Gasteiger partial charge in [0.2, 0.25) is 0 Å². The molecule has 0 spiro atoms. The van der Waals surface area contributed by atoms with E-state index in [1.54, 1.807) is 0 Å². The van der Waals surface area contributed by atoms with Crippen molar-refractivity contribution in [1.29, 1.82) is 0 Å². The number of hydrogen-bond donors (Lipinski definition) is 0. The molecule has 0 aliphatic rings. The van der Waals surface area contributed by atoms with Crippen LogP contribution >= 0.6 is 35.3 Å². The molecule has 0 rings (SSSR count). The van der Waals surface area contributed by atoms with Crippen molar-refractivity contribution in [3.05, 3.63) is 0 Å². The van der Waals surface area contributed by atoms with Crippen molar-refractivity contribution >= 4 is 108 Å².